The first-order valence-electron chi connectivity index (χ1n) is 5.21. The topological polar surface area (TPSA) is 65.5 Å². The first-order chi connectivity index (χ1) is 8.20. The molecule has 0 saturated carbocycles. The molecule has 0 unspecified atom stereocenters. The van der Waals surface area contributed by atoms with Gasteiger partial charge in [-0.25, -0.2) is 0 Å². The molecule has 5 heteroatoms. The zero-order valence-corrected chi connectivity index (χ0v) is 9.87. The predicted molar refractivity (Wildman–Crippen MR) is 65.4 cm³/mol. The highest BCUT2D eigenvalue weighted by atomic mass is 35.5. The van der Waals surface area contributed by atoms with Crippen LogP contribution in [0.3, 0.4) is 0 Å². The predicted octanol–water partition coefficient (Wildman–Crippen LogP) is 2.24. The molecule has 2 N–H and O–H groups in total. The fraction of sp³-hybridized carbons (Fsp3) is 0.250. The second-order valence-corrected chi connectivity index (χ2v) is 3.99. The zero-order chi connectivity index (χ0) is 12.3. The summed E-state index contributed by atoms with van der Waals surface area (Å²) in [6.07, 6.45) is 0. The van der Waals surface area contributed by atoms with Crippen molar-refractivity contribution in [2.24, 2.45) is 5.73 Å². The first kappa shape index (κ1) is 12.1. The molecule has 0 aliphatic heterocycles. The Morgan fingerprint density at radius 1 is 1.41 bits per heavy atom. The molecule has 1 aromatic carbocycles. The van der Waals surface area contributed by atoms with Crippen LogP contribution in [0.2, 0.25) is 5.02 Å². The molecule has 0 amide bonds. The normalized spacial score (nSPS) is 10.9. The molecule has 0 saturated heterocycles. The van der Waals surface area contributed by atoms with E-state index in [0.29, 0.717) is 23.8 Å². The van der Waals surface area contributed by atoms with E-state index < -0.39 is 0 Å². The molecule has 1 aromatic heterocycles. The van der Waals surface area contributed by atoms with Crippen LogP contribution in [0.15, 0.2) is 28.7 Å². The summed E-state index contributed by atoms with van der Waals surface area (Å²) in [7, 11) is 0. The van der Waals surface area contributed by atoms with E-state index in [1.165, 1.54) is 0 Å². The summed E-state index contributed by atoms with van der Waals surface area (Å²) < 4.78 is 10.5. The van der Waals surface area contributed by atoms with Crippen LogP contribution in [0.25, 0.3) is 11.0 Å². The number of carbonyl (C=O) groups excluding carboxylic acids is 1. The van der Waals surface area contributed by atoms with Gasteiger partial charge in [0, 0.05) is 17.0 Å². The molecule has 0 fully saturated rings. The minimum Gasteiger partial charge on any atom is -0.453 e. The number of benzene rings is 1. The van der Waals surface area contributed by atoms with Crippen LogP contribution in [0.1, 0.15) is 10.6 Å². The van der Waals surface area contributed by atoms with Crippen molar-refractivity contribution in [2.75, 3.05) is 19.8 Å². The van der Waals surface area contributed by atoms with Gasteiger partial charge in [0.1, 0.15) is 12.2 Å². The van der Waals surface area contributed by atoms with Crippen molar-refractivity contribution < 1.29 is 13.9 Å². The average molecular weight is 254 g/mol. The van der Waals surface area contributed by atoms with E-state index in [-0.39, 0.29) is 18.2 Å². The molecule has 2 rings (SSSR count). The second-order valence-electron chi connectivity index (χ2n) is 3.56. The molecular weight excluding hydrogens is 242 g/mol. The third-order valence-electron chi connectivity index (χ3n) is 2.25. The molecule has 0 aliphatic rings. The molecule has 0 atom stereocenters. The number of furan rings is 1. The van der Waals surface area contributed by atoms with Crippen molar-refractivity contribution in [1.29, 1.82) is 0 Å². The largest absolute Gasteiger partial charge is 0.453 e. The summed E-state index contributed by atoms with van der Waals surface area (Å²) in [5.41, 5.74) is 5.89. The lowest BCUT2D eigenvalue weighted by molar-refractivity contribution is 0.0749. The minimum atomic E-state index is -0.203. The Morgan fingerprint density at radius 2 is 2.24 bits per heavy atom. The molecule has 0 spiro atoms. The van der Waals surface area contributed by atoms with Gasteiger partial charge in [-0.1, -0.05) is 11.6 Å². The number of hydrogen-bond acceptors (Lipinski definition) is 4. The number of hydrogen-bond donors (Lipinski definition) is 1. The number of halogens is 1. The van der Waals surface area contributed by atoms with E-state index in [2.05, 4.69) is 0 Å². The van der Waals surface area contributed by atoms with Gasteiger partial charge in [0.05, 0.1) is 6.61 Å². The Labute approximate surface area is 103 Å². The lowest BCUT2D eigenvalue weighted by Crippen LogP contribution is -2.14. The van der Waals surface area contributed by atoms with Crippen LogP contribution in [-0.2, 0) is 4.74 Å². The van der Waals surface area contributed by atoms with Crippen molar-refractivity contribution in [1.82, 2.24) is 0 Å². The van der Waals surface area contributed by atoms with E-state index in [4.69, 9.17) is 26.5 Å². The summed E-state index contributed by atoms with van der Waals surface area (Å²) in [6, 6.07) is 6.86. The Hall–Kier alpha value is -1.36. The fourth-order valence-electron chi connectivity index (χ4n) is 1.47. The molecule has 1 heterocycles. The summed E-state index contributed by atoms with van der Waals surface area (Å²) in [5.74, 6) is 0.0741. The summed E-state index contributed by atoms with van der Waals surface area (Å²) >= 11 is 5.84. The Balaban J connectivity index is 2.15. The Kier molecular flexibility index (Phi) is 3.78. The Morgan fingerprint density at radius 3 is 3.00 bits per heavy atom. The molecule has 17 heavy (non-hydrogen) atoms. The number of nitrogens with two attached hydrogens (primary N) is 1. The molecule has 2 aromatic rings. The molecule has 4 nitrogen and oxygen atoms in total. The van der Waals surface area contributed by atoms with Gasteiger partial charge in [-0.15, -0.1) is 0 Å². The van der Waals surface area contributed by atoms with Crippen molar-refractivity contribution >= 4 is 28.4 Å². The van der Waals surface area contributed by atoms with Gasteiger partial charge in [0.15, 0.2) is 5.76 Å². The number of ketones is 1. The van der Waals surface area contributed by atoms with Crippen molar-refractivity contribution in [3.05, 3.63) is 35.0 Å². The standard InChI is InChI=1S/C12H12ClNO3/c13-9-1-2-11-8(5-9)6-12(17-11)10(15)7-16-4-3-14/h1-2,5-6H,3-4,7,14H2. The SMILES string of the molecule is NCCOCC(=O)c1cc2cc(Cl)ccc2o1. The molecule has 0 bridgehead atoms. The van der Waals surface area contributed by atoms with Crippen LogP contribution in [0, 0.1) is 0 Å². The van der Waals surface area contributed by atoms with Crippen LogP contribution < -0.4 is 5.73 Å². The monoisotopic (exact) mass is 253 g/mol. The van der Waals surface area contributed by atoms with Gasteiger partial charge in [-0.05, 0) is 24.3 Å². The number of fused-ring (bicyclic) bond motifs is 1. The summed E-state index contributed by atoms with van der Waals surface area (Å²) in [5, 5.41) is 1.41. The summed E-state index contributed by atoms with van der Waals surface area (Å²) in [4.78, 5) is 11.7. The van der Waals surface area contributed by atoms with Gasteiger partial charge in [0.25, 0.3) is 0 Å². The number of Topliss-reactive ketones (excluding diaryl/α,β-unsaturated/α-hetero) is 1. The summed E-state index contributed by atoms with van der Waals surface area (Å²) in [6.45, 7) is 0.728. The maximum atomic E-state index is 11.7. The van der Waals surface area contributed by atoms with Crippen LogP contribution in [-0.4, -0.2) is 25.5 Å². The van der Waals surface area contributed by atoms with E-state index in [1.54, 1.807) is 24.3 Å². The van der Waals surface area contributed by atoms with E-state index in [9.17, 15) is 4.79 Å². The first-order valence-corrected chi connectivity index (χ1v) is 5.58. The van der Waals surface area contributed by atoms with Crippen LogP contribution >= 0.6 is 11.6 Å². The van der Waals surface area contributed by atoms with E-state index in [1.807, 2.05) is 0 Å². The highest BCUT2D eigenvalue weighted by molar-refractivity contribution is 6.31. The maximum Gasteiger partial charge on any atom is 0.223 e. The smallest absolute Gasteiger partial charge is 0.223 e. The van der Waals surface area contributed by atoms with E-state index in [0.717, 1.165) is 5.39 Å². The zero-order valence-electron chi connectivity index (χ0n) is 9.11. The van der Waals surface area contributed by atoms with Crippen molar-refractivity contribution in [3.63, 3.8) is 0 Å². The number of carbonyl (C=O) groups is 1. The molecule has 0 aliphatic carbocycles. The highest BCUT2D eigenvalue weighted by Crippen LogP contribution is 2.23. The van der Waals surface area contributed by atoms with Gasteiger partial charge in [-0.3, -0.25) is 4.79 Å². The van der Waals surface area contributed by atoms with E-state index >= 15 is 0 Å². The van der Waals surface area contributed by atoms with Crippen LogP contribution in [0.4, 0.5) is 0 Å². The number of ether oxygens (including phenoxy) is 1. The minimum absolute atomic E-state index is 0.0231. The highest BCUT2D eigenvalue weighted by Gasteiger charge is 2.12. The van der Waals surface area contributed by atoms with Crippen molar-refractivity contribution in [2.45, 2.75) is 0 Å². The van der Waals surface area contributed by atoms with Gasteiger partial charge >= 0.3 is 0 Å². The van der Waals surface area contributed by atoms with Gasteiger partial charge < -0.3 is 14.9 Å². The second kappa shape index (κ2) is 5.31. The molecular formula is C12H12ClNO3. The third-order valence-corrected chi connectivity index (χ3v) is 2.48. The van der Waals surface area contributed by atoms with Gasteiger partial charge in [0.2, 0.25) is 5.78 Å². The maximum absolute atomic E-state index is 11.7. The third kappa shape index (κ3) is 2.85. The lowest BCUT2D eigenvalue weighted by Gasteiger charge is -1.98. The number of rotatable bonds is 5. The van der Waals surface area contributed by atoms with Gasteiger partial charge in [-0.2, -0.15) is 0 Å². The molecule has 90 valence electrons. The Bertz CT molecular complexity index is 536. The van der Waals surface area contributed by atoms with Crippen molar-refractivity contribution in [3.8, 4) is 0 Å². The quantitative estimate of drug-likeness (QED) is 0.656. The van der Waals surface area contributed by atoms with Crippen LogP contribution in [0.5, 0.6) is 0 Å². The molecule has 0 radical (unpaired) electrons. The lowest BCUT2D eigenvalue weighted by atomic mass is 10.2. The fourth-order valence-corrected chi connectivity index (χ4v) is 1.65. The average Bonchev–Trinajstić information content (AvgIpc) is 2.72.